The molecule has 2 aromatic carbocycles. The number of nitro benzene ring substituents is 1. The van der Waals surface area contributed by atoms with Crippen LogP contribution in [0, 0.1) is 10.1 Å². The van der Waals surface area contributed by atoms with Crippen LogP contribution >= 0.6 is 11.3 Å². The Morgan fingerprint density at radius 2 is 1.77 bits per heavy atom. The van der Waals surface area contributed by atoms with Crippen LogP contribution in [0.3, 0.4) is 0 Å². The molecule has 0 aliphatic rings. The molecular weight excluding hydrogens is 472 g/mol. The van der Waals surface area contributed by atoms with E-state index in [1.54, 1.807) is 55.6 Å². The smallest absolute Gasteiger partial charge is 0.308 e. The van der Waals surface area contributed by atoms with E-state index >= 15 is 0 Å². The molecule has 2 N–H and O–H groups in total. The van der Waals surface area contributed by atoms with Crippen LogP contribution in [-0.4, -0.2) is 33.8 Å². The number of amides is 2. The molecule has 0 saturated heterocycles. The lowest BCUT2D eigenvalue weighted by Gasteiger charge is -2.19. The minimum absolute atomic E-state index is 0.145. The topological polar surface area (TPSA) is 141 Å². The van der Waals surface area contributed by atoms with Gasteiger partial charge in [-0.25, -0.2) is 4.98 Å². The maximum Gasteiger partial charge on any atom is 0.308 e. The molecule has 35 heavy (non-hydrogen) atoms. The third-order valence-corrected chi connectivity index (χ3v) is 5.54. The monoisotopic (exact) mass is 496 g/mol. The van der Waals surface area contributed by atoms with Crippen LogP contribution in [0.2, 0.25) is 0 Å². The van der Waals surface area contributed by atoms with Gasteiger partial charge in [-0.05, 0) is 26.0 Å². The fourth-order valence-electron chi connectivity index (χ4n) is 3.28. The first-order valence-electron chi connectivity index (χ1n) is 10.8. The number of aromatic nitrogens is 1. The maximum atomic E-state index is 12.8. The average molecular weight is 497 g/mol. The van der Waals surface area contributed by atoms with Crippen molar-refractivity contribution in [2.24, 2.45) is 0 Å². The van der Waals surface area contributed by atoms with E-state index in [-0.39, 0.29) is 36.1 Å². The number of ether oxygens (including phenoxy) is 1. The molecular formula is C24H24N4O6S. The molecule has 0 spiro atoms. The van der Waals surface area contributed by atoms with Gasteiger partial charge in [-0.2, -0.15) is 0 Å². The zero-order chi connectivity index (χ0) is 25.4. The van der Waals surface area contributed by atoms with E-state index in [0.29, 0.717) is 16.4 Å². The molecule has 1 atom stereocenters. The van der Waals surface area contributed by atoms with Crippen molar-refractivity contribution in [1.29, 1.82) is 0 Å². The number of benzene rings is 2. The standard InChI is InChI=1S/C24H24N4O6S/c1-15(2)34-22(30)13-19(18-10-6-7-11-20(18)28(32)33)26-21(29)12-17-14-35-24(25-17)27-23(31)16-8-4-3-5-9-16/h3-11,14-15,19H,12-13H2,1-2H3,(H,26,29)(H,25,27,31). The Morgan fingerprint density at radius 1 is 1.09 bits per heavy atom. The molecule has 10 nitrogen and oxygen atoms in total. The molecule has 0 fully saturated rings. The highest BCUT2D eigenvalue weighted by molar-refractivity contribution is 7.14. The van der Waals surface area contributed by atoms with Gasteiger partial charge in [0.1, 0.15) is 0 Å². The first kappa shape index (κ1) is 25.5. The van der Waals surface area contributed by atoms with Crippen LogP contribution in [-0.2, 0) is 20.7 Å². The Balaban J connectivity index is 1.70. The summed E-state index contributed by atoms with van der Waals surface area (Å²) >= 11 is 1.17. The fourth-order valence-corrected chi connectivity index (χ4v) is 3.98. The first-order chi connectivity index (χ1) is 16.7. The van der Waals surface area contributed by atoms with Gasteiger partial charge in [0.2, 0.25) is 5.91 Å². The van der Waals surface area contributed by atoms with Gasteiger partial charge in [0.25, 0.3) is 11.6 Å². The van der Waals surface area contributed by atoms with Crippen molar-refractivity contribution in [3.8, 4) is 0 Å². The van der Waals surface area contributed by atoms with Crippen molar-refractivity contribution in [3.63, 3.8) is 0 Å². The molecule has 182 valence electrons. The van der Waals surface area contributed by atoms with Gasteiger partial charge in [-0.1, -0.05) is 36.4 Å². The minimum Gasteiger partial charge on any atom is -0.463 e. The van der Waals surface area contributed by atoms with Gasteiger partial charge < -0.3 is 10.1 Å². The van der Waals surface area contributed by atoms with Crippen molar-refractivity contribution in [1.82, 2.24) is 10.3 Å². The third kappa shape index (κ3) is 7.44. The number of nitrogens with one attached hydrogen (secondary N) is 2. The molecule has 0 aliphatic heterocycles. The number of carbonyl (C=O) groups excluding carboxylic acids is 3. The van der Waals surface area contributed by atoms with E-state index in [1.807, 2.05) is 0 Å². The molecule has 1 aromatic heterocycles. The summed E-state index contributed by atoms with van der Waals surface area (Å²) in [7, 11) is 0. The molecule has 2 amide bonds. The number of anilines is 1. The highest BCUT2D eigenvalue weighted by Gasteiger charge is 2.27. The quantitative estimate of drug-likeness (QED) is 0.245. The lowest BCUT2D eigenvalue weighted by Crippen LogP contribution is -2.32. The normalized spacial score (nSPS) is 11.5. The number of para-hydroxylation sites is 1. The summed E-state index contributed by atoms with van der Waals surface area (Å²) in [5.41, 5.74) is 0.861. The highest BCUT2D eigenvalue weighted by Crippen LogP contribution is 2.28. The summed E-state index contributed by atoms with van der Waals surface area (Å²) in [5, 5.41) is 18.8. The molecule has 1 unspecified atom stereocenters. The number of carbonyl (C=O) groups is 3. The Labute approximate surface area is 205 Å². The molecule has 3 aromatic rings. The molecule has 0 radical (unpaired) electrons. The van der Waals surface area contributed by atoms with Crippen molar-refractivity contribution in [2.45, 2.75) is 38.8 Å². The number of hydrogen-bond donors (Lipinski definition) is 2. The third-order valence-electron chi connectivity index (χ3n) is 4.73. The number of rotatable bonds is 10. The zero-order valence-electron chi connectivity index (χ0n) is 19.1. The Bertz CT molecular complexity index is 1210. The van der Waals surface area contributed by atoms with Crippen molar-refractivity contribution < 1.29 is 24.0 Å². The van der Waals surface area contributed by atoms with Gasteiger partial charge >= 0.3 is 5.97 Å². The fraction of sp³-hybridized carbons (Fsp3) is 0.250. The van der Waals surface area contributed by atoms with Gasteiger partial charge in [0, 0.05) is 17.0 Å². The van der Waals surface area contributed by atoms with Crippen molar-refractivity contribution in [2.75, 3.05) is 5.32 Å². The summed E-state index contributed by atoms with van der Waals surface area (Å²) in [5.74, 6) is -1.41. The van der Waals surface area contributed by atoms with Crippen molar-refractivity contribution >= 4 is 39.9 Å². The summed E-state index contributed by atoms with van der Waals surface area (Å²) in [6, 6.07) is 13.6. The van der Waals surface area contributed by atoms with E-state index in [1.165, 1.54) is 29.5 Å². The van der Waals surface area contributed by atoms with Gasteiger partial charge in [0.05, 0.1) is 41.2 Å². The van der Waals surface area contributed by atoms with E-state index in [0.717, 1.165) is 0 Å². The second kappa shape index (κ2) is 11.8. The highest BCUT2D eigenvalue weighted by atomic mass is 32.1. The Hall–Kier alpha value is -4.12. The first-order valence-corrected chi connectivity index (χ1v) is 11.6. The van der Waals surface area contributed by atoms with E-state index < -0.39 is 22.8 Å². The van der Waals surface area contributed by atoms with Crippen LogP contribution in [0.5, 0.6) is 0 Å². The van der Waals surface area contributed by atoms with E-state index in [4.69, 9.17) is 4.74 Å². The molecule has 0 bridgehead atoms. The van der Waals surface area contributed by atoms with Crippen LogP contribution in [0.4, 0.5) is 10.8 Å². The molecule has 0 aliphatic carbocycles. The number of nitrogens with zero attached hydrogens (tertiary/aromatic N) is 2. The van der Waals surface area contributed by atoms with Crippen LogP contribution in [0.15, 0.2) is 60.0 Å². The van der Waals surface area contributed by atoms with Crippen LogP contribution < -0.4 is 10.6 Å². The second-order valence-electron chi connectivity index (χ2n) is 7.82. The summed E-state index contributed by atoms with van der Waals surface area (Å²) < 4.78 is 5.17. The van der Waals surface area contributed by atoms with Crippen LogP contribution in [0.25, 0.3) is 0 Å². The zero-order valence-corrected chi connectivity index (χ0v) is 19.9. The Morgan fingerprint density at radius 3 is 2.46 bits per heavy atom. The number of nitro groups is 1. The lowest BCUT2D eigenvalue weighted by molar-refractivity contribution is -0.385. The molecule has 11 heteroatoms. The Kier molecular flexibility index (Phi) is 8.63. The summed E-state index contributed by atoms with van der Waals surface area (Å²) in [4.78, 5) is 52.6. The van der Waals surface area contributed by atoms with Gasteiger partial charge in [-0.15, -0.1) is 11.3 Å². The van der Waals surface area contributed by atoms with E-state index in [2.05, 4.69) is 15.6 Å². The second-order valence-corrected chi connectivity index (χ2v) is 8.68. The molecule has 0 saturated carbocycles. The van der Waals surface area contributed by atoms with Crippen molar-refractivity contribution in [3.05, 3.63) is 86.9 Å². The summed E-state index contributed by atoms with van der Waals surface area (Å²) in [6.07, 6.45) is -0.790. The predicted octanol–water partition coefficient (Wildman–Crippen LogP) is 4.05. The van der Waals surface area contributed by atoms with E-state index in [9.17, 15) is 24.5 Å². The van der Waals surface area contributed by atoms with Crippen LogP contribution in [0.1, 0.15) is 47.9 Å². The maximum absolute atomic E-state index is 12.8. The predicted molar refractivity (Wildman–Crippen MR) is 130 cm³/mol. The lowest BCUT2D eigenvalue weighted by atomic mass is 10.0. The number of esters is 1. The van der Waals surface area contributed by atoms with Gasteiger partial charge in [-0.3, -0.25) is 29.8 Å². The largest absolute Gasteiger partial charge is 0.463 e. The minimum atomic E-state index is -0.966. The van der Waals surface area contributed by atoms with Gasteiger partial charge in [0.15, 0.2) is 5.13 Å². The number of hydrogen-bond acceptors (Lipinski definition) is 8. The molecule has 3 rings (SSSR count). The molecule has 1 heterocycles. The SMILES string of the molecule is CC(C)OC(=O)CC(NC(=O)Cc1csc(NC(=O)c2ccccc2)n1)c1ccccc1[N+](=O)[O-]. The summed E-state index contributed by atoms with van der Waals surface area (Å²) in [6.45, 7) is 3.37. The average Bonchev–Trinajstić information content (AvgIpc) is 3.25. The number of thiazole rings is 1.